The zero-order chi connectivity index (χ0) is 10.2. The maximum Gasteiger partial charge on any atom is 0.313 e. The van der Waals surface area contributed by atoms with Crippen LogP contribution in [0.15, 0.2) is 6.07 Å². The van der Waals surface area contributed by atoms with Crippen LogP contribution in [-0.4, -0.2) is 10.0 Å². The van der Waals surface area contributed by atoms with E-state index in [9.17, 15) is 15.2 Å². The number of nitro benzene ring substituents is 1. The molecule has 1 aromatic rings. The van der Waals surface area contributed by atoms with Crippen LogP contribution in [0.3, 0.4) is 0 Å². The Bertz CT molecular complexity index is 378. The molecular formula is C7H5Cl2NO3. The number of phenolic OH excluding ortho intramolecular Hbond substituents is 1. The summed E-state index contributed by atoms with van der Waals surface area (Å²) in [6.45, 7) is 1.56. The van der Waals surface area contributed by atoms with E-state index in [1.165, 1.54) is 0 Å². The Morgan fingerprint density at radius 1 is 1.54 bits per heavy atom. The molecule has 0 saturated carbocycles. The van der Waals surface area contributed by atoms with Crippen LogP contribution in [0, 0.1) is 17.0 Å². The Hall–Kier alpha value is -1.00. The van der Waals surface area contributed by atoms with E-state index in [4.69, 9.17) is 23.2 Å². The lowest BCUT2D eigenvalue weighted by molar-refractivity contribution is -0.385. The summed E-state index contributed by atoms with van der Waals surface area (Å²) < 4.78 is 0. The van der Waals surface area contributed by atoms with Crippen LogP contribution in [0.4, 0.5) is 5.69 Å². The Kier molecular flexibility index (Phi) is 2.63. The fraction of sp³-hybridized carbons (Fsp3) is 0.143. The van der Waals surface area contributed by atoms with Gasteiger partial charge < -0.3 is 5.11 Å². The second-order valence-corrected chi connectivity index (χ2v) is 3.21. The van der Waals surface area contributed by atoms with Crippen LogP contribution >= 0.6 is 23.2 Å². The minimum atomic E-state index is -0.744. The zero-order valence-electron chi connectivity index (χ0n) is 6.54. The molecule has 0 aliphatic heterocycles. The minimum absolute atomic E-state index is 0.0841. The van der Waals surface area contributed by atoms with E-state index in [2.05, 4.69) is 0 Å². The molecule has 0 saturated heterocycles. The molecule has 0 amide bonds. The number of nitro groups is 1. The molecule has 0 aliphatic carbocycles. The average molecular weight is 222 g/mol. The Balaban J connectivity index is 3.50. The van der Waals surface area contributed by atoms with Gasteiger partial charge in [0.25, 0.3) is 0 Å². The summed E-state index contributed by atoms with van der Waals surface area (Å²) >= 11 is 11.2. The van der Waals surface area contributed by atoms with Crippen molar-refractivity contribution in [3.8, 4) is 5.75 Å². The monoisotopic (exact) mass is 221 g/mol. The second kappa shape index (κ2) is 3.40. The second-order valence-electron chi connectivity index (χ2n) is 2.42. The Labute approximate surface area is 83.9 Å². The van der Waals surface area contributed by atoms with Gasteiger partial charge in [0.2, 0.25) is 5.75 Å². The van der Waals surface area contributed by atoms with Crippen molar-refractivity contribution in [2.45, 2.75) is 6.92 Å². The minimum Gasteiger partial charge on any atom is -0.501 e. The fourth-order valence-electron chi connectivity index (χ4n) is 0.831. The number of halogens is 2. The molecule has 0 fully saturated rings. The van der Waals surface area contributed by atoms with Crippen LogP contribution in [0.2, 0.25) is 10.0 Å². The van der Waals surface area contributed by atoms with Crippen molar-refractivity contribution in [1.82, 2.24) is 0 Å². The molecule has 70 valence electrons. The first-order valence-electron chi connectivity index (χ1n) is 3.27. The van der Waals surface area contributed by atoms with E-state index in [0.29, 0.717) is 5.56 Å². The number of phenols is 1. The van der Waals surface area contributed by atoms with E-state index < -0.39 is 16.4 Å². The highest BCUT2D eigenvalue weighted by molar-refractivity contribution is 6.37. The van der Waals surface area contributed by atoms with Gasteiger partial charge in [-0.25, -0.2) is 0 Å². The summed E-state index contributed by atoms with van der Waals surface area (Å²) in [4.78, 5) is 9.62. The van der Waals surface area contributed by atoms with Crippen molar-refractivity contribution < 1.29 is 10.0 Å². The summed E-state index contributed by atoms with van der Waals surface area (Å²) in [7, 11) is 0. The lowest BCUT2D eigenvalue weighted by atomic mass is 10.2. The van der Waals surface area contributed by atoms with Gasteiger partial charge in [0, 0.05) is 6.07 Å². The van der Waals surface area contributed by atoms with Crippen molar-refractivity contribution in [1.29, 1.82) is 0 Å². The number of benzene rings is 1. The summed E-state index contributed by atoms with van der Waals surface area (Å²) in [6, 6.07) is 1.07. The highest BCUT2D eigenvalue weighted by Gasteiger charge is 2.20. The normalized spacial score (nSPS) is 10.1. The fourth-order valence-corrected chi connectivity index (χ4v) is 1.28. The van der Waals surface area contributed by atoms with Gasteiger partial charge in [0.15, 0.2) is 0 Å². The Morgan fingerprint density at radius 3 is 2.54 bits per heavy atom. The van der Waals surface area contributed by atoms with Crippen molar-refractivity contribution >= 4 is 28.9 Å². The van der Waals surface area contributed by atoms with E-state index in [1.807, 2.05) is 0 Å². The van der Waals surface area contributed by atoms with E-state index >= 15 is 0 Å². The summed E-state index contributed by atoms with van der Waals surface area (Å²) in [5.74, 6) is -0.548. The highest BCUT2D eigenvalue weighted by Crippen LogP contribution is 2.39. The van der Waals surface area contributed by atoms with Gasteiger partial charge in [-0.15, -0.1) is 0 Å². The average Bonchev–Trinajstić information content (AvgIpc) is 2.07. The summed E-state index contributed by atoms with van der Waals surface area (Å²) in [5, 5.41) is 19.7. The number of hydrogen-bond acceptors (Lipinski definition) is 3. The molecule has 4 nitrogen and oxygen atoms in total. The third-order valence-corrected chi connectivity index (χ3v) is 2.45. The molecule has 1 N–H and O–H groups in total. The molecule has 1 rings (SSSR count). The van der Waals surface area contributed by atoms with E-state index in [1.54, 1.807) is 6.92 Å². The number of aromatic hydroxyl groups is 1. The van der Waals surface area contributed by atoms with Gasteiger partial charge in [-0.1, -0.05) is 23.2 Å². The van der Waals surface area contributed by atoms with E-state index in [0.717, 1.165) is 6.07 Å². The molecule has 0 heterocycles. The van der Waals surface area contributed by atoms with Gasteiger partial charge in [0.1, 0.15) is 0 Å². The molecule has 0 spiro atoms. The van der Waals surface area contributed by atoms with Crippen molar-refractivity contribution in [2.24, 2.45) is 0 Å². The summed E-state index contributed by atoms with van der Waals surface area (Å²) in [5.41, 5.74) is -0.0629. The molecule has 0 radical (unpaired) electrons. The van der Waals surface area contributed by atoms with Crippen LogP contribution in [-0.2, 0) is 0 Å². The molecule has 6 heteroatoms. The van der Waals surface area contributed by atoms with E-state index in [-0.39, 0.29) is 10.0 Å². The lowest BCUT2D eigenvalue weighted by Crippen LogP contribution is -1.91. The zero-order valence-corrected chi connectivity index (χ0v) is 8.06. The molecule has 13 heavy (non-hydrogen) atoms. The van der Waals surface area contributed by atoms with Crippen molar-refractivity contribution in [3.63, 3.8) is 0 Å². The first kappa shape index (κ1) is 10.1. The first-order chi connectivity index (χ1) is 5.95. The third-order valence-electron chi connectivity index (χ3n) is 1.60. The van der Waals surface area contributed by atoms with Crippen LogP contribution < -0.4 is 0 Å². The highest BCUT2D eigenvalue weighted by atomic mass is 35.5. The SMILES string of the molecule is Cc1c(Cl)cc([N+](=O)[O-])c(O)c1Cl. The molecule has 1 aromatic carbocycles. The third kappa shape index (κ3) is 1.68. The summed E-state index contributed by atoms with van der Waals surface area (Å²) in [6.07, 6.45) is 0. The Morgan fingerprint density at radius 2 is 2.08 bits per heavy atom. The smallest absolute Gasteiger partial charge is 0.313 e. The molecule has 0 unspecified atom stereocenters. The molecular weight excluding hydrogens is 217 g/mol. The number of hydrogen-bond donors (Lipinski definition) is 1. The van der Waals surface area contributed by atoms with Gasteiger partial charge in [0.05, 0.1) is 15.0 Å². The standard InChI is InChI=1S/C7H5Cl2NO3/c1-3-4(8)2-5(10(12)13)7(11)6(3)9/h2,11H,1H3. The molecule has 0 bridgehead atoms. The number of nitrogens with zero attached hydrogens (tertiary/aromatic N) is 1. The van der Waals surface area contributed by atoms with Gasteiger partial charge in [-0.3, -0.25) is 10.1 Å². The number of rotatable bonds is 1. The van der Waals surface area contributed by atoms with Gasteiger partial charge in [-0.2, -0.15) is 0 Å². The van der Waals surface area contributed by atoms with Crippen molar-refractivity contribution in [3.05, 3.63) is 31.8 Å². The van der Waals surface area contributed by atoms with Gasteiger partial charge in [-0.05, 0) is 12.5 Å². The lowest BCUT2D eigenvalue weighted by Gasteiger charge is -2.03. The predicted molar refractivity (Wildman–Crippen MR) is 49.5 cm³/mol. The molecule has 0 aromatic heterocycles. The van der Waals surface area contributed by atoms with Gasteiger partial charge >= 0.3 is 5.69 Å². The quantitative estimate of drug-likeness (QED) is 0.586. The first-order valence-corrected chi connectivity index (χ1v) is 4.02. The van der Waals surface area contributed by atoms with Crippen LogP contribution in [0.25, 0.3) is 0 Å². The molecule has 0 atom stereocenters. The molecule has 0 aliphatic rings. The van der Waals surface area contributed by atoms with Crippen molar-refractivity contribution in [2.75, 3.05) is 0 Å². The largest absolute Gasteiger partial charge is 0.501 e. The maximum absolute atomic E-state index is 10.4. The van der Waals surface area contributed by atoms with Crippen LogP contribution in [0.5, 0.6) is 5.75 Å². The maximum atomic E-state index is 10.4. The topological polar surface area (TPSA) is 63.4 Å². The van der Waals surface area contributed by atoms with Crippen LogP contribution in [0.1, 0.15) is 5.56 Å². The predicted octanol–water partition coefficient (Wildman–Crippen LogP) is 2.92.